The zero-order valence-electron chi connectivity index (χ0n) is 12.5. The van der Waals surface area contributed by atoms with E-state index in [1.807, 2.05) is 32.3 Å². The Morgan fingerprint density at radius 2 is 1.86 bits per heavy atom. The predicted octanol–water partition coefficient (Wildman–Crippen LogP) is 4.42. The highest BCUT2D eigenvalue weighted by Gasteiger charge is 2.13. The first-order valence-corrected chi connectivity index (χ1v) is 7.64. The summed E-state index contributed by atoms with van der Waals surface area (Å²) in [5.74, 6) is -0.00377. The van der Waals surface area contributed by atoms with Gasteiger partial charge in [0.2, 0.25) is 0 Å². The van der Waals surface area contributed by atoms with Crippen LogP contribution in [-0.2, 0) is 0 Å². The Morgan fingerprint density at radius 3 is 2.50 bits per heavy atom. The van der Waals surface area contributed by atoms with Crippen molar-refractivity contribution >= 4 is 29.4 Å². The van der Waals surface area contributed by atoms with Crippen LogP contribution in [0.2, 0.25) is 10.0 Å². The van der Waals surface area contributed by atoms with Gasteiger partial charge >= 0.3 is 0 Å². The van der Waals surface area contributed by atoms with Crippen LogP contribution in [0.4, 0.5) is 0 Å². The van der Waals surface area contributed by atoms with Gasteiger partial charge in [0.25, 0.3) is 0 Å². The van der Waals surface area contributed by atoms with E-state index in [-0.39, 0.29) is 16.8 Å². The van der Waals surface area contributed by atoms with Gasteiger partial charge in [0.15, 0.2) is 0 Å². The van der Waals surface area contributed by atoms with E-state index in [4.69, 9.17) is 23.2 Å². The van der Waals surface area contributed by atoms with Crippen LogP contribution in [0.5, 0.6) is 5.75 Å². The molecular formula is C17H18Cl2N2O. The first kappa shape index (κ1) is 16.8. The lowest BCUT2D eigenvalue weighted by molar-refractivity contribution is 0.307. The lowest BCUT2D eigenvalue weighted by atomic mass is 10.1. The van der Waals surface area contributed by atoms with E-state index < -0.39 is 0 Å². The molecule has 0 spiro atoms. The van der Waals surface area contributed by atoms with Crippen molar-refractivity contribution in [1.82, 2.24) is 4.90 Å². The minimum absolute atomic E-state index is 0.00377. The van der Waals surface area contributed by atoms with Gasteiger partial charge in [-0.05, 0) is 31.8 Å². The summed E-state index contributed by atoms with van der Waals surface area (Å²) in [5, 5.41) is 10.6. The summed E-state index contributed by atoms with van der Waals surface area (Å²) in [4.78, 5) is 6.55. The molecule has 2 rings (SSSR count). The van der Waals surface area contributed by atoms with Crippen LogP contribution in [0, 0.1) is 0 Å². The van der Waals surface area contributed by atoms with Crippen molar-refractivity contribution in [2.45, 2.75) is 6.04 Å². The number of benzene rings is 2. The Labute approximate surface area is 140 Å². The van der Waals surface area contributed by atoms with Crippen LogP contribution in [0.1, 0.15) is 17.2 Å². The Bertz CT molecular complexity index is 657. The molecule has 5 heteroatoms. The number of aromatic hydroxyl groups is 1. The summed E-state index contributed by atoms with van der Waals surface area (Å²) >= 11 is 11.8. The fraction of sp³-hybridized carbons (Fsp3) is 0.235. The molecule has 0 radical (unpaired) electrons. The van der Waals surface area contributed by atoms with Gasteiger partial charge in [-0.3, -0.25) is 4.99 Å². The van der Waals surface area contributed by atoms with Crippen LogP contribution in [0.3, 0.4) is 0 Å². The van der Waals surface area contributed by atoms with E-state index in [2.05, 4.69) is 22.0 Å². The van der Waals surface area contributed by atoms with E-state index in [0.29, 0.717) is 17.1 Å². The van der Waals surface area contributed by atoms with Crippen molar-refractivity contribution in [3.8, 4) is 5.75 Å². The van der Waals surface area contributed by atoms with Crippen molar-refractivity contribution in [1.29, 1.82) is 0 Å². The summed E-state index contributed by atoms with van der Waals surface area (Å²) in [6, 6.07) is 13.5. The summed E-state index contributed by atoms with van der Waals surface area (Å²) < 4.78 is 0. The monoisotopic (exact) mass is 336 g/mol. The van der Waals surface area contributed by atoms with Gasteiger partial charge in [-0.2, -0.15) is 0 Å². The molecule has 2 aromatic carbocycles. The van der Waals surface area contributed by atoms with Gasteiger partial charge in [-0.15, -0.1) is 0 Å². The first-order valence-electron chi connectivity index (χ1n) is 6.88. The third-order valence-corrected chi connectivity index (χ3v) is 3.88. The number of phenolic OH excluding ortho intramolecular Hbond substituents is 1. The highest BCUT2D eigenvalue weighted by molar-refractivity contribution is 6.36. The van der Waals surface area contributed by atoms with E-state index in [9.17, 15) is 5.11 Å². The smallest absolute Gasteiger partial charge is 0.143 e. The molecule has 0 saturated carbocycles. The van der Waals surface area contributed by atoms with Gasteiger partial charge in [-0.25, -0.2) is 0 Å². The largest absolute Gasteiger partial charge is 0.506 e. The third kappa shape index (κ3) is 4.23. The molecule has 0 aromatic heterocycles. The van der Waals surface area contributed by atoms with Crippen LogP contribution < -0.4 is 0 Å². The third-order valence-electron chi connectivity index (χ3n) is 3.37. The van der Waals surface area contributed by atoms with Crippen LogP contribution >= 0.6 is 23.2 Å². The Kier molecular flexibility index (Phi) is 5.83. The summed E-state index contributed by atoms with van der Waals surface area (Å²) in [7, 11) is 4.03. The number of aliphatic imine (C=N–C) groups is 1. The number of hydrogen-bond acceptors (Lipinski definition) is 3. The Balaban J connectivity index is 2.17. The van der Waals surface area contributed by atoms with E-state index in [1.165, 1.54) is 11.6 Å². The topological polar surface area (TPSA) is 35.8 Å². The molecule has 0 heterocycles. The average Bonchev–Trinajstić information content (AvgIpc) is 2.48. The normalized spacial score (nSPS) is 13.0. The average molecular weight is 337 g/mol. The maximum Gasteiger partial charge on any atom is 0.143 e. The molecule has 0 aliphatic carbocycles. The van der Waals surface area contributed by atoms with Gasteiger partial charge in [-0.1, -0.05) is 53.5 Å². The molecule has 0 amide bonds. The van der Waals surface area contributed by atoms with Crippen LogP contribution in [0.15, 0.2) is 47.5 Å². The quantitative estimate of drug-likeness (QED) is 0.820. The number of hydrogen-bond donors (Lipinski definition) is 1. The van der Waals surface area contributed by atoms with Gasteiger partial charge in [0, 0.05) is 16.8 Å². The van der Waals surface area contributed by atoms with E-state index in [0.717, 1.165) is 0 Å². The number of nitrogens with zero attached hydrogens (tertiary/aromatic N) is 2. The maximum atomic E-state index is 9.92. The minimum Gasteiger partial charge on any atom is -0.506 e. The van der Waals surface area contributed by atoms with Gasteiger partial charge < -0.3 is 10.0 Å². The molecule has 0 saturated heterocycles. The fourth-order valence-electron chi connectivity index (χ4n) is 2.18. The standard InChI is InChI=1S/C17H18Cl2N2O/c1-21(2)16(12-6-4-3-5-7-12)11-20-10-13-8-14(18)9-15(19)17(13)22/h3-10,16,22H,11H2,1-2H3/t16-/m1/s1. The molecule has 116 valence electrons. The zero-order chi connectivity index (χ0) is 16.1. The fourth-order valence-corrected chi connectivity index (χ4v) is 2.69. The molecule has 2 aromatic rings. The molecule has 1 N–H and O–H groups in total. The van der Waals surface area contributed by atoms with Gasteiger partial charge in [0.05, 0.1) is 17.6 Å². The molecule has 0 aliphatic heterocycles. The predicted molar refractivity (Wildman–Crippen MR) is 93.5 cm³/mol. The molecule has 0 bridgehead atoms. The number of phenols is 1. The van der Waals surface area contributed by atoms with Crippen LogP contribution in [0.25, 0.3) is 0 Å². The second-order valence-corrected chi connectivity index (χ2v) is 6.05. The summed E-state index contributed by atoms with van der Waals surface area (Å²) in [6.07, 6.45) is 1.60. The molecule has 1 atom stereocenters. The van der Waals surface area contributed by atoms with Gasteiger partial charge in [0.1, 0.15) is 5.75 Å². The molecular weight excluding hydrogens is 319 g/mol. The molecule has 3 nitrogen and oxygen atoms in total. The van der Waals surface area contributed by atoms with Crippen molar-refractivity contribution in [3.05, 3.63) is 63.6 Å². The highest BCUT2D eigenvalue weighted by atomic mass is 35.5. The van der Waals surface area contributed by atoms with E-state index >= 15 is 0 Å². The Hall–Kier alpha value is -1.55. The number of rotatable bonds is 5. The summed E-state index contributed by atoms with van der Waals surface area (Å²) in [5.41, 5.74) is 1.71. The lowest BCUT2D eigenvalue weighted by Gasteiger charge is -2.22. The first-order chi connectivity index (χ1) is 10.5. The Morgan fingerprint density at radius 1 is 1.18 bits per heavy atom. The molecule has 0 unspecified atom stereocenters. The zero-order valence-corrected chi connectivity index (χ0v) is 14.0. The van der Waals surface area contributed by atoms with Crippen molar-refractivity contribution in [2.75, 3.05) is 20.6 Å². The molecule has 22 heavy (non-hydrogen) atoms. The molecule has 0 fully saturated rings. The van der Waals surface area contributed by atoms with Crippen molar-refractivity contribution in [2.24, 2.45) is 4.99 Å². The van der Waals surface area contributed by atoms with Crippen molar-refractivity contribution < 1.29 is 5.11 Å². The highest BCUT2D eigenvalue weighted by Crippen LogP contribution is 2.30. The minimum atomic E-state index is -0.00377. The maximum absolute atomic E-state index is 9.92. The van der Waals surface area contributed by atoms with Crippen molar-refractivity contribution in [3.63, 3.8) is 0 Å². The number of likely N-dealkylation sites (N-methyl/N-ethyl adjacent to an activating group) is 1. The second kappa shape index (κ2) is 7.63. The second-order valence-electron chi connectivity index (χ2n) is 5.21. The SMILES string of the molecule is CN(C)[C@H](CN=Cc1cc(Cl)cc(Cl)c1O)c1ccccc1. The number of halogens is 2. The van der Waals surface area contributed by atoms with Crippen LogP contribution in [-0.4, -0.2) is 36.9 Å². The van der Waals surface area contributed by atoms with E-state index in [1.54, 1.807) is 12.3 Å². The summed E-state index contributed by atoms with van der Waals surface area (Å²) in [6.45, 7) is 0.570. The molecule has 0 aliphatic rings. The lowest BCUT2D eigenvalue weighted by Crippen LogP contribution is -2.22.